The summed E-state index contributed by atoms with van der Waals surface area (Å²) in [5.74, 6) is -2.03. The highest BCUT2D eigenvalue weighted by atomic mass is 35.6. The molecule has 0 spiro atoms. The lowest BCUT2D eigenvalue weighted by Crippen LogP contribution is -2.65. The maximum Gasteiger partial charge on any atom is 0.407 e. The molecule has 1 heterocycles. The van der Waals surface area contributed by atoms with Crippen molar-refractivity contribution >= 4 is 70.6 Å². The summed E-state index contributed by atoms with van der Waals surface area (Å²) in [6, 6.07) is 7.91. The first-order valence-electron chi connectivity index (χ1n) is 10.2. The number of ether oxygens (including phenoxy) is 5. The van der Waals surface area contributed by atoms with Crippen LogP contribution in [0.4, 0.5) is 4.79 Å². The van der Waals surface area contributed by atoms with Crippen LogP contribution in [0.3, 0.4) is 0 Å². The van der Waals surface area contributed by atoms with Crippen LogP contribution < -0.4 is 5.32 Å². The lowest BCUT2D eigenvalue weighted by Gasteiger charge is -2.44. The number of carbonyl (C=O) groups is 4. The van der Waals surface area contributed by atoms with E-state index in [1.165, 1.54) is 18.7 Å². The summed E-state index contributed by atoms with van der Waals surface area (Å²) < 4.78 is 25.1. The van der Waals surface area contributed by atoms with Crippen LogP contribution in [-0.2, 0) is 38.1 Å². The maximum absolute atomic E-state index is 12.5. The molecule has 10 nitrogen and oxygen atoms in total. The van der Waals surface area contributed by atoms with E-state index in [-0.39, 0.29) is 6.61 Å². The van der Waals surface area contributed by atoms with E-state index in [1.54, 1.807) is 24.3 Å². The Kier molecular flexibility index (Phi) is 11.2. The van der Waals surface area contributed by atoms with E-state index in [0.717, 1.165) is 18.7 Å². The van der Waals surface area contributed by atoms with Crippen molar-refractivity contribution < 1.29 is 42.9 Å². The zero-order valence-corrected chi connectivity index (χ0v) is 22.0. The van der Waals surface area contributed by atoms with Crippen molar-refractivity contribution in [2.75, 3.05) is 13.2 Å². The Morgan fingerprint density at radius 1 is 0.943 bits per heavy atom. The summed E-state index contributed by atoms with van der Waals surface area (Å²) in [7, 11) is 0. The monoisotopic (exact) mass is 571 g/mol. The van der Waals surface area contributed by atoms with E-state index in [1.807, 2.05) is 6.07 Å². The molecule has 35 heavy (non-hydrogen) atoms. The third kappa shape index (κ3) is 10.3. The summed E-state index contributed by atoms with van der Waals surface area (Å²) in [5.41, 5.74) is -0.908. The summed E-state index contributed by atoms with van der Waals surface area (Å²) in [6.45, 7) is 2.64. The topological polar surface area (TPSA) is 126 Å². The number of thioether (sulfide) groups is 1. The fraction of sp³-hybridized carbons (Fsp3) is 0.524. The van der Waals surface area contributed by atoms with Crippen molar-refractivity contribution in [2.24, 2.45) is 0 Å². The number of hydrogen-bond donors (Lipinski definition) is 1. The molecule has 194 valence electrons. The molecule has 0 aliphatic carbocycles. The zero-order valence-electron chi connectivity index (χ0n) is 18.9. The average Bonchev–Trinajstić information content (AvgIpc) is 2.74. The van der Waals surface area contributed by atoms with E-state index >= 15 is 0 Å². The van der Waals surface area contributed by atoms with Gasteiger partial charge in [0.05, 0.1) is 0 Å². The third-order valence-electron chi connectivity index (χ3n) is 4.35. The molecule has 0 unspecified atom stereocenters. The van der Waals surface area contributed by atoms with Gasteiger partial charge in [-0.15, -0.1) is 0 Å². The molecular formula is C21H24Cl3NO9S. The van der Waals surface area contributed by atoms with Gasteiger partial charge in [0.15, 0.2) is 12.2 Å². The van der Waals surface area contributed by atoms with Crippen LogP contribution in [0.1, 0.15) is 20.8 Å². The van der Waals surface area contributed by atoms with Crippen molar-refractivity contribution in [3.63, 3.8) is 0 Å². The van der Waals surface area contributed by atoms with Crippen LogP contribution >= 0.6 is 46.6 Å². The van der Waals surface area contributed by atoms with Gasteiger partial charge >= 0.3 is 24.0 Å². The molecular weight excluding hydrogens is 549 g/mol. The normalized spacial score (nSPS) is 24.1. The summed E-state index contributed by atoms with van der Waals surface area (Å²) in [5, 5.41) is 2.55. The van der Waals surface area contributed by atoms with Crippen LogP contribution in [0, 0.1) is 0 Å². The number of benzene rings is 1. The fourth-order valence-electron chi connectivity index (χ4n) is 3.11. The van der Waals surface area contributed by atoms with Crippen molar-refractivity contribution in [1.82, 2.24) is 5.32 Å². The van der Waals surface area contributed by atoms with Crippen LogP contribution in [0.5, 0.6) is 0 Å². The molecule has 1 amide bonds. The van der Waals surface area contributed by atoms with Gasteiger partial charge in [0.25, 0.3) is 0 Å². The van der Waals surface area contributed by atoms with E-state index in [9.17, 15) is 19.2 Å². The molecule has 5 atom stereocenters. The van der Waals surface area contributed by atoms with Crippen LogP contribution in [0.25, 0.3) is 0 Å². The minimum atomic E-state index is -1.86. The smallest absolute Gasteiger partial charge is 0.407 e. The highest BCUT2D eigenvalue weighted by Gasteiger charge is 2.51. The molecule has 1 aromatic rings. The molecule has 2 rings (SSSR count). The molecule has 1 aliphatic heterocycles. The fourth-order valence-corrected chi connectivity index (χ4v) is 4.43. The number of halogens is 3. The summed E-state index contributed by atoms with van der Waals surface area (Å²) in [6.07, 6.45) is -4.50. The number of carbonyl (C=O) groups excluding carboxylic acids is 4. The molecule has 1 fully saturated rings. The number of amides is 1. The minimum absolute atomic E-state index is 0.304. The number of alkyl halides is 3. The predicted octanol–water partition coefficient (Wildman–Crippen LogP) is 3.40. The van der Waals surface area contributed by atoms with E-state index in [0.29, 0.717) is 0 Å². The number of alkyl carbamates (subject to hydrolysis) is 1. The molecule has 0 aromatic heterocycles. The van der Waals surface area contributed by atoms with E-state index in [4.69, 9.17) is 58.5 Å². The molecule has 0 bridgehead atoms. The number of esters is 3. The molecule has 0 radical (unpaired) electrons. The van der Waals surface area contributed by atoms with Crippen molar-refractivity contribution in [2.45, 2.75) is 59.2 Å². The predicted molar refractivity (Wildman–Crippen MR) is 127 cm³/mol. The SMILES string of the molecule is CC(=O)OC[C@H]1O[C@@H](Sc2ccccc2)[C@H](NC(=O)OCC(Cl)(Cl)Cl)[C@@H](OC(C)=O)[C@H]1OC(C)=O. The Labute approximate surface area is 221 Å². The second-order valence-corrected chi connectivity index (χ2v) is 11.0. The van der Waals surface area contributed by atoms with Crippen LogP contribution in [-0.4, -0.2) is 70.8 Å². The Hall–Kier alpha value is -1.92. The quantitative estimate of drug-likeness (QED) is 0.281. The molecule has 1 aliphatic rings. The van der Waals surface area contributed by atoms with Crippen LogP contribution in [0.2, 0.25) is 0 Å². The van der Waals surface area contributed by atoms with Gasteiger partial charge in [-0.1, -0.05) is 64.8 Å². The first-order valence-corrected chi connectivity index (χ1v) is 12.2. The van der Waals surface area contributed by atoms with Crippen molar-refractivity contribution in [1.29, 1.82) is 0 Å². The first kappa shape index (κ1) is 29.3. The molecule has 1 aromatic carbocycles. The second kappa shape index (κ2) is 13.4. The van der Waals surface area contributed by atoms with E-state index < -0.39 is 64.2 Å². The minimum Gasteiger partial charge on any atom is -0.463 e. The standard InChI is InChI=1S/C21H24Cl3NO9S/c1-11(26)30-9-15-17(32-12(2)27)18(33-13(3)28)16(25-20(29)31-10-21(22,23)24)19(34-15)35-14-7-5-4-6-8-14/h4-8,15-19H,9-10H2,1-3H3,(H,25,29)/t15-,16-,17+,18-,19+/m1/s1. The Morgan fingerprint density at radius 2 is 1.54 bits per heavy atom. The summed E-state index contributed by atoms with van der Waals surface area (Å²) >= 11 is 18.1. The van der Waals surface area contributed by atoms with Gasteiger partial charge in [0, 0.05) is 25.7 Å². The maximum atomic E-state index is 12.5. The number of hydrogen-bond acceptors (Lipinski definition) is 10. The molecule has 0 saturated carbocycles. The van der Waals surface area contributed by atoms with Gasteiger partial charge in [-0.25, -0.2) is 4.79 Å². The van der Waals surface area contributed by atoms with Crippen molar-refractivity contribution in [3.8, 4) is 0 Å². The van der Waals surface area contributed by atoms with Gasteiger partial charge < -0.3 is 29.0 Å². The van der Waals surface area contributed by atoms with Gasteiger partial charge in [-0.05, 0) is 12.1 Å². The second-order valence-electron chi connectivity index (χ2n) is 7.29. The Bertz CT molecular complexity index is 900. The largest absolute Gasteiger partial charge is 0.463 e. The lowest BCUT2D eigenvalue weighted by molar-refractivity contribution is -0.211. The third-order valence-corrected chi connectivity index (χ3v) is 5.86. The van der Waals surface area contributed by atoms with Gasteiger partial charge in [-0.2, -0.15) is 0 Å². The highest BCUT2D eigenvalue weighted by Crippen LogP contribution is 2.36. The Balaban J connectivity index is 2.42. The zero-order chi connectivity index (χ0) is 26.2. The Morgan fingerprint density at radius 3 is 2.09 bits per heavy atom. The van der Waals surface area contributed by atoms with Gasteiger partial charge in [0.2, 0.25) is 3.79 Å². The van der Waals surface area contributed by atoms with Crippen LogP contribution in [0.15, 0.2) is 35.2 Å². The molecule has 1 N–H and O–H groups in total. The number of nitrogens with one attached hydrogen (secondary N) is 1. The number of rotatable bonds is 8. The highest BCUT2D eigenvalue weighted by molar-refractivity contribution is 7.99. The van der Waals surface area contributed by atoms with Gasteiger partial charge in [-0.3, -0.25) is 14.4 Å². The lowest BCUT2D eigenvalue weighted by atomic mass is 9.97. The van der Waals surface area contributed by atoms with E-state index in [2.05, 4.69) is 5.32 Å². The van der Waals surface area contributed by atoms with Crippen molar-refractivity contribution in [3.05, 3.63) is 30.3 Å². The molecule has 14 heteroatoms. The average molecular weight is 573 g/mol. The molecule has 1 saturated heterocycles. The van der Waals surface area contributed by atoms with Gasteiger partial charge in [0.1, 0.15) is 30.8 Å². The first-order chi connectivity index (χ1) is 16.4. The summed E-state index contributed by atoms with van der Waals surface area (Å²) in [4.78, 5) is 48.5.